The van der Waals surface area contributed by atoms with E-state index in [1.807, 2.05) is 36.4 Å². The minimum Gasteiger partial charge on any atom is -0.497 e. The smallest absolute Gasteiger partial charge is 0.337 e. The van der Waals surface area contributed by atoms with Crippen LogP contribution in [0.5, 0.6) is 5.75 Å². The average Bonchev–Trinajstić information content (AvgIpc) is 2.82. The molecule has 0 fully saturated rings. The molecule has 0 amide bonds. The molecule has 33 heavy (non-hydrogen) atoms. The van der Waals surface area contributed by atoms with Crippen LogP contribution in [0.25, 0.3) is 21.9 Å². The van der Waals surface area contributed by atoms with Crippen molar-refractivity contribution in [3.63, 3.8) is 0 Å². The summed E-state index contributed by atoms with van der Waals surface area (Å²) in [6.07, 6.45) is 0. The minimum absolute atomic E-state index is 0. The van der Waals surface area contributed by atoms with E-state index in [0.717, 1.165) is 38.8 Å². The molecule has 170 valence electrons. The van der Waals surface area contributed by atoms with Crippen LogP contribution in [0.1, 0.15) is 34.5 Å². The maximum Gasteiger partial charge on any atom is 0.337 e. The summed E-state index contributed by atoms with van der Waals surface area (Å²) in [7, 11) is 1.67. The molecule has 0 aliphatic rings. The van der Waals surface area contributed by atoms with Gasteiger partial charge in [-0.2, -0.15) is 0 Å². The Kier molecular flexibility index (Phi) is 7.98. The predicted molar refractivity (Wildman–Crippen MR) is 137 cm³/mol. The van der Waals surface area contributed by atoms with Gasteiger partial charge in [0.1, 0.15) is 5.75 Å². The molecule has 0 saturated carbocycles. The number of fused-ring (bicyclic) bond motifs is 1. The molecule has 0 spiro atoms. The van der Waals surface area contributed by atoms with E-state index in [2.05, 4.69) is 42.6 Å². The van der Waals surface area contributed by atoms with E-state index in [0.29, 0.717) is 6.54 Å². The molecule has 0 aliphatic carbocycles. The Balaban J connectivity index is 0.00000306. The van der Waals surface area contributed by atoms with Crippen LogP contribution in [0.4, 0.5) is 0 Å². The van der Waals surface area contributed by atoms with Crippen LogP contribution in [0, 0.1) is 0 Å². The summed E-state index contributed by atoms with van der Waals surface area (Å²) in [5.74, 6) is -0.202. The Labute approximate surface area is 204 Å². The van der Waals surface area contributed by atoms with Crippen molar-refractivity contribution in [3.8, 4) is 16.9 Å². The molecule has 6 heteroatoms. The third kappa shape index (κ3) is 5.48. The van der Waals surface area contributed by atoms with Crippen LogP contribution in [-0.2, 0) is 6.54 Å². The number of rotatable bonds is 7. The lowest BCUT2D eigenvalue weighted by atomic mass is 9.94. The van der Waals surface area contributed by atoms with Crippen molar-refractivity contribution in [1.29, 1.82) is 0 Å². The first-order chi connectivity index (χ1) is 15.5. The van der Waals surface area contributed by atoms with Crippen LogP contribution >= 0.6 is 24.0 Å². The van der Waals surface area contributed by atoms with Crippen molar-refractivity contribution in [1.82, 2.24) is 5.32 Å². The highest BCUT2D eigenvalue weighted by atomic mass is 35.5. The number of hydrogen-bond donors (Lipinski definition) is 2. The molecule has 1 atom stereocenters. The lowest BCUT2D eigenvalue weighted by Gasteiger charge is -2.17. The highest BCUT2D eigenvalue weighted by molar-refractivity contribution is 6.33. The first kappa shape index (κ1) is 24.6. The largest absolute Gasteiger partial charge is 0.497 e. The third-order valence-electron chi connectivity index (χ3n) is 5.64. The van der Waals surface area contributed by atoms with Gasteiger partial charge in [-0.1, -0.05) is 54.1 Å². The highest BCUT2D eigenvalue weighted by Crippen LogP contribution is 2.33. The Morgan fingerprint density at radius 1 is 1.03 bits per heavy atom. The topological polar surface area (TPSA) is 58.6 Å². The highest BCUT2D eigenvalue weighted by Gasteiger charge is 2.13. The predicted octanol–water partition coefficient (Wildman–Crippen LogP) is 7.14. The second-order valence-electron chi connectivity index (χ2n) is 7.74. The lowest BCUT2D eigenvalue weighted by molar-refractivity contribution is 0.0697. The molecule has 2 N–H and O–H groups in total. The van der Waals surface area contributed by atoms with Gasteiger partial charge >= 0.3 is 5.97 Å². The fourth-order valence-corrected chi connectivity index (χ4v) is 4.07. The summed E-state index contributed by atoms with van der Waals surface area (Å²) in [6, 6.07) is 25.7. The third-order valence-corrected chi connectivity index (χ3v) is 5.97. The van der Waals surface area contributed by atoms with Gasteiger partial charge in [-0.25, -0.2) is 4.79 Å². The molecule has 4 nitrogen and oxygen atoms in total. The minimum atomic E-state index is -1.04. The summed E-state index contributed by atoms with van der Waals surface area (Å²) in [5, 5.41) is 15.5. The van der Waals surface area contributed by atoms with E-state index in [1.54, 1.807) is 19.2 Å². The number of aromatic carboxylic acids is 1. The molecule has 4 aromatic rings. The zero-order chi connectivity index (χ0) is 22.7. The average molecular weight is 482 g/mol. The van der Waals surface area contributed by atoms with Crippen molar-refractivity contribution in [2.45, 2.75) is 19.5 Å². The molecular weight excluding hydrogens is 457 g/mol. The molecule has 0 saturated heterocycles. The summed E-state index contributed by atoms with van der Waals surface area (Å²) < 4.78 is 5.34. The van der Waals surface area contributed by atoms with Gasteiger partial charge in [0.15, 0.2) is 0 Å². The molecule has 1 unspecified atom stereocenters. The van der Waals surface area contributed by atoms with Gasteiger partial charge in [0.25, 0.3) is 0 Å². The van der Waals surface area contributed by atoms with E-state index < -0.39 is 5.97 Å². The maximum absolute atomic E-state index is 11.6. The van der Waals surface area contributed by atoms with Gasteiger partial charge < -0.3 is 15.2 Å². The number of carboxylic acids is 1. The second kappa shape index (κ2) is 10.7. The number of halogens is 2. The van der Waals surface area contributed by atoms with Crippen LogP contribution in [-0.4, -0.2) is 18.2 Å². The normalized spacial score (nSPS) is 11.6. The number of hydrogen-bond acceptors (Lipinski definition) is 3. The molecule has 0 aliphatic heterocycles. The number of carbonyl (C=O) groups is 1. The molecular formula is C27H25Cl2NO3. The number of nitrogens with one attached hydrogen (secondary N) is 1. The quantitative estimate of drug-likeness (QED) is 0.294. The zero-order valence-corrected chi connectivity index (χ0v) is 19.9. The van der Waals surface area contributed by atoms with Crippen molar-refractivity contribution in [3.05, 3.63) is 101 Å². The van der Waals surface area contributed by atoms with Gasteiger partial charge in [-0.3, -0.25) is 0 Å². The van der Waals surface area contributed by atoms with E-state index in [1.165, 1.54) is 0 Å². The SMILES string of the molecule is COc1cccc(C(C)NCc2cc(-c3ccc(Cl)c(C(=O)O)c3)c3ccccc3c2)c1.Cl. The Morgan fingerprint density at radius 2 is 1.82 bits per heavy atom. The van der Waals surface area contributed by atoms with E-state index >= 15 is 0 Å². The Morgan fingerprint density at radius 3 is 2.58 bits per heavy atom. The zero-order valence-electron chi connectivity index (χ0n) is 18.3. The molecule has 0 heterocycles. The van der Waals surface area contributed by atoms with Crippen LogP contribution < -0.4 is 10.1 Å². The van der Waals surface area contributed by atoms with Crippen molar-refractivity contribution in [2.24, 2.45) is 0 Å². The lowest BCUT2D eigenvalue weighted by Crippen LogP contribution is -2.18. The van der Waals surface area contributed by atoms with E-state index in [4.69, 9.17) is 16.3 Å². The molecule has 4 rings (SSSR count). The summed E-state index contributed by atoms with van der Waals surface area (Å²) in [5.41, 5.74) is 4.16. The van der Waals surface area contributed by atoms with Gasteiger partial charge in [-0.05, 0) is 76.3 Å². The van der Waals surface area contributed by atoms with E-state index in [-0.39, 0.29) is 29.0 Å². The summed E-state index contributed by atoms with van der Waals surface area (Å²) >= 11 is 6.09. The monoisotopic (exact) mass is 481 g/mol. The molecule has 0 radical (unpaired) electrons. The number of methoxy groups -OCH3 is 1. The van der Waals surface area contributed by atoms with E-state index in [9.17, 15) is 9.90 Å². The Hall–Kier alpha value is -3.05. The van der Waals surface area contributed by atoms with Crippen LogP contribution in [0.2, 0.25) is 5.02 Å². The summed E-state index contributed by atoms with van der Waals surface area (Å²) in [6.45, 7) is 2.78. The van der Waals surface area contributed by atoms with Crippen molar-refractivity contribution < 1.29 is 14.6 Å². The van der Waals surface area contributed by atoms with Gasteiger partial charge in [0.2, 0.25) is 0 Å². The number of carboxylic acid groups (broad SMARTS) is 1. The molecule has 0 bridgehead atoms. The molecule has 4 aromatic carbocycles. The fourth-order valence-electron chi connectivity index (χ4n) is 3.87. The Bertz CT molecular complexity index is 1290. The summed E-state index contributed by atoms with van der Waals surface area (Å²) in [4.78, 5) is 11.6. The van der Waals surface area contributed by atoms with Gasteiger partial charge in [0.05, 0.1) is 17.7 Å². The van der Waals surface area contributed by atoms with Crippen LogP contribution in [0.15, 0.2) is 78.9 Å². The maximum atomic E-state index is 11.6. The van der Waals surface area contributed by atoms with Gasteiger partial charge in [0, 0.05) is 12.6 Å². The van der Waals surface area contributed by atoms with Gasteiger partial charge in [-0.15, -0.1) is 12.4 Å². The standard InChI is InChI=1S/C27H24ClNO3.ClH/c1-17(19-7-5-8-22(14-19)32-2)29-16-18-12-20-6-3-4-9-23(20)24(13-18)21-10-11-26(28)25(15-21)27(30)31;/h3-15,17,29H,16H2,1-2H3,(H,30,31);1H. The molecule has 0 aromatic heterocycles. The second-order valence-corrected chi connectivity index (χ2v) is 8.15. The fraction of sp³-hybridized carbons (Fsp3) is 0.148. The first-order valence-corrected chi connectivity index (χ1v) is 10.8. The van der Waals surface area contributed by atoms with Crippen molar-refractivity contribution >= 4 is 40.7 Å². The number of benzene rings is 4. The van der Waals surface area contributed by atoms with Crippen LogP contribution in [0.3, 0.4) is 0 Å². The van der Waals surface area contributed by atoms with Crippen molar-refractivity contribution in [2.75, 3.05) is 7.11 Å². The number of ether oxygens (including phenoxy) is 1. The first-order valence-electron chi connectivity index (χ1n) is 10.4.